The molecule has 0 heterocycles. The van der Waals surface area contributed by atoms with Crippen LogP contribution in [0.4, 0.5) is 11.4 Å². The molecule has 0 aliphatic heterocycles. The maximum absolute atomic E-state index is 12.5. The van der Waals surface area contributed by atoms with E-state index in [2.05, 4.69) is 34.9 Å². The van der Waals surface area contributed by atoms with Crippen LogP contribution in [-0.2, 0) is 11.2 Å². The zero-order chi connectivity index (χ0) is 25.5. The lowest BCUT2D eigenvalue weighted by atomic mass is 10.1. The van der Waals surface area contributed by atoms with E-state index in [0.717, 1.165) is 30.0 Å². The highest BCUT2D eigenvalue weighted by Gasteiger charge is 2.05. The first-order valence-electron chi connectivity index (χ1n) is 12.5. The van der Waals surface area contributed by atoms with E-state index in [9.17, 15) is 4.79 Å². The smallest absolute Gasteiger partial charge is 0.243 e. The predicted molar refractivity (Wildman–Crippen MR) is 148 cm³/mol. The second-order valence-electron chi connectivity index (χ2n) is 8.40. The number of benzene rings is 4. The van der Waals surface area contributed by atoms with Gasteiger partial charge in [-0.15, -0.1) is 0 Å². The van der Waals surface area contributed by atoms with E-state index >= 15 is 0 Å². The fraction of sp³-hybridized carbons (Fsp3) is 0.194. The number of anilines is 2. The molecule has 0 aliphatic rings. The van der Waals surface area contributed by atoms with Gasteiger partial charge in [-0.05, 0) is 54.8 Å². The second-order valence-corrected chi connectivity index (χ2v) is 8.40. The molecule has 1 amide bonds. The molecule has 0 bridgehead atoms. The van der Waals surface area contributed by atoms with E-state index in [4.69, 9.17) is 14.2 Å². The molecule has 6 nitrogen and oxygen atoms in total. The van der Waals surface area contributed by atoms with Crippen molar-refractivity contribution in [1.82, 2.24) is 0 Å². The molecule has 4 aromatic rings. The maximum Gasteiger partial charge on any atom is 0.243 e. The van der Waals surface area contributed by atoms with Crippen LogP contribution >= 0.6 is 0 Å². The van der Waals surface area contributed by atoms with Crippen LogP contribution in [-0.4, -0.2) is 32.3 Å². The highest BCUT2D eigenvalue weighted by molar-refractivity contribution is 5.93. The van der Waals surface area contributed by atoms with Crippen LogP contribution in [0, 0.1) is 0 Å². The van der Waals surface area contributed by atoms with Gasteiger partial charge in [-0.1, -0.05) is 60.7 Å². The topological polar surface area (TPSA) is 68.8 Å². The lowest BCUT2D eigenvalue weighted by molar-refractivity contribution is -0.114. The van der Waals surface area contributed by atoms with Crippen molar-refractivity contribution in [3.8, 4) is 17.2 Å². The molecule has 0 aliphatic carbocycles. The first kappa shape index (κ1) is 25.6. The Balaban J connectivity index is 1.16. The molecular weight excluding hydrogens is 464 g/mol. The van der Waals surface area contributed by atoms with Gasteiger partial charge in [0, 0.05) is 23.5 Å². The largest absolute Gasteiger partial charge is 0.494 e. The molecule has 6 heteroatoms. The summed E-state index contributed by atoms with van der Waals surface area (Å²) in [5, 5.41) is 6.05. The third kappa shape index (κ3) is 9.26. The molecule has 0 radical (unpaired) electrons. The molecule has 0 fully saturated rings. The Morgan fingerprint density at radius 3 is 1.89 bits per heavy atom. The van der Waals surface area contributed by atoms with Crippen molar-refractivity contribution in [1.29, 1.82) is 0 Å². The standard InChI is InChI=1S/C31H32N2O4/c34-31(33-27-14-8-18-30(23-27)37-21-20-36-28-15-5-2-6-16-28)24-32-26-13-7-17-29(22-26)35-19-9-12-25-10-3-1-4-11-25/h1-8,10-11,13-18,22-23,32H,9,12,19-21,24H2,(H,33,34). The van der Waals surface area contributed by atoms with E-state index in [0.29, 0.717) is 31.3 Å². The number of rotatable bonds is 14. The first-order valence-corrected chi connectivity index (χ1v) is 12.5. The molecule has 0 spiro atoms. The number of nitrogens with one attached hydrogen (secondary N) is 2. The summed E-state index contributed by atoms with van der Waals surface area (Å²) in [7, 11) is 0. The number of aryl methyl sites for hydroxylation is 1. The van der Waals surface area contributed by atoms with Gasteiger partial charge >= 0.3 is 0 Å². The van der Waals surface area contributed by atoms with Gasteiger partial charge in [0.15, 0.2) is 0 Å². The molecule has 4 rings (SSSR count). The van der Waals surface area contributed by atoms with Crippen molar-refractivity contribution < 1.29 is 19.0 Å². The Kier molecular flexibility index (Phi) is 9.83. The van der Waals surface area contributed by atoms with E-state index in [1.165, 1.54) is 5.56 Å². The van der Waals surface area contributed by atoms with Gasteiger partial charge in [0.2, 0.25) is 5.91 Å². The van der Waals surface area contributed by atoms with Crippen LogP contribution in [0.2, 0.25) is 0 Å². The number of carbonyl (C=O) groups is 1. The Bertz CT molecular complexity index is 1230. The van der Waals surface area contributed by atoms with Crippen LogP contribution in [0.5, 0.6) is 17.2 Å². The highest BCUT2D eigenvalue weighted by atomic mass is 16.5. The third-order valence-corrected chi connectivity index (χ3v) is 5.49. The summed E-state index contributed by atoms with van der Waals surface area (Å²) in [5.41, 5.74) is 2.80. The molecule has 37 heavy (non-hydrogen) atoms. The van der Waals surface area contributed by atoms with E-state index in [1.807, 2.05) is 78.9 Å². The van der Waals surface area contributed by atoms with Crippen LogP contribution < -0.4 is 24.8 Å². The van der Waals surface area contributed by atoms with Gasteiger partial charge in [0.05, 0.1) is 13.2 Å². The van der Waals surface area contributed by atoms with Gasteiger partial charge in [-0.2, -0.15) is 0 Å². The number of amides is 1. The van der Waals surface area contributed by atoms with E-state index in [-0.39, 0.29) is 12.5 Å². The van der Waals surface area contributed by atoms with Crippen molar-refractivity contribution in [2.75, 3.05) is 37.0 Å². The number of carbonyl (C=O) groups excluding carboxylic acids is 1. The molecule has 2 N–H and O–H groups in total. The minimum Gasteiger partial charge on any atom is -0.494 e. The molecule has 0 saturated carbocycles. The van der Waals surface area contributed by atoms with Crippen LogP contribution in [0.25, 0.3) is 0 Å². The van der Waals surface area contributed by atoms with Gasteiger partial charge < -0.3 is 24.8 Å². The Labute approximate surface area is 218 Å². The molecule has 0 atom stereocenters. The second kappa shape index (κ2) is 14.2. The Morgan fingerprint density at radius 2 is 1.16 bits per heavy atom. The number of para-hydroxylation sites is 1. The summed E-state index contributed by atoms with van der Waals surface area (Å²) in [6.07, 6.45) is 1.92. The Hall–Kier alpha value is -4.45. The van der Waals surface area contributed by atoms with Crippen molar-refractivity contribution in [2.24, 2.45) is 0 Å². The average molecular weight is 497 g/mol. The predicted octanol–water partition coefficient (Wildman–Crippen LogP) is 6.21. The number of ether oxygens (including phenoxy) is 3. The van der Waals surface area contributed by atoms with Crippen molar-refractivity contribution in [2.45, 2.75) is 12.8 Å². The maximum atomic E-state index is 12.5. The normalized spacial score (nSPS) is 10.4. The van der Waals surface area contributed by atoms with Crippen LogP contribution in [0.3, 0.4) is 0 Å². The minimum absolute atomic E-state index is 0.132. The summed E-state index contributed by atoms with van der Waals surface area (Å²) in [6.45, 7) is 1.60. The zero-order valence-corrected chi connectivity index (χ0v) is 20.8. The van der Waals surface area contributed by atoms with Crippen LogP contribution in [0.1, 0.15) is 12.0 Å². The van der Waals surface area contributed by atoms with Gasteiger partial charge in [-0.3, -0.25) is 4.79 Å². The molecule has 190 valence electrons. The van der Waals surface area contributed by atoms with Gasteiger partial charge in [0.25, 0.3) is 0 Å². The van der Waals surface area contributed by atoms with Gasteiger partial charge in [-0.25, -0.2) is 0 Å². The third-order valence-electron chi connectivity index (χ3n) is 5.49. The molecule has 0 unspecified atom stereocenters. The molecular formula is C31H32N2O4. The minimum atomic E-state index is -0.154. The molecule has 0 aromatic heterocycles. The quantitative estimate of drug-likeness (QED) is 0.203. The summed E-state index contributed by atoms with van der Waals surface area (Å²) < 4.78 is 17.3. The Morgan fingerprint density at radius 1 is 0.595 bits per heavy atom. The first-order chi connectivity index (χ1) is 18.2. The molecule has 4 aromatic carbocycles. The summed E-state index contributed by atoms with van der Waals surface area (Å²) in [6, 6.07) is 34.9. The summed E-state index contributed by atoms with van der Waals surface area (Å²) in [4.78, 5) is 12.5. The van der Waals surface area contributed by atoms with Crippen molar-refractivity contribution in [3.63, 3.8) is 0 Å². The van der Waals surface area contributed by atoms with Crippen molar-refractivity contribution in [3.05, 3.63) is 115 Å². The fourth-order valence-electron chi connectivity index (χ4n) is 3.69. The fourth-order valence-corrected chi connectivity index (χ4v) is 3.69. The number of hydrogen-bond donors (Lipinski definition) is 2. The van der Waals surface area contributed by atoms with E-state index in [1.54, 1.807) is 6.07 Å². The SMILES string of the molecule is O=C(CNc1cccc(OCCCc2ccccc2)c1)Nc1cccc(OCCOc2ccccc2)c1. The summed E-state index contributed by atoms with van der Waals surface area (Å²) >= 11 is 0. The van der Waals surface area contributed by atoms with Gasteiger partial charge in [0.1, 0.15) is 30.5 Å². The highest BCUT2D eigenvalue weighted by Crippen LogP contribution is 2.19. The average Bonchev–Trinajstić information content (AvgIpc) is 2.94. The summed E-state index contributed by atoms with van der Waals surface area (Å²) in [5.74, 6) is 2.10. The monoisotopic (exact) mass is 496 g/mol. The number of hydrogen-bond acceptors (Lipinski definition) is 5. The van der Waals surface area contributed by atoms with E-state index < -0.39 is 0 Å². The lowest BCUT2D eigenvalue weighted by Gasteiger charge is -2.12. The van der Waals surface area contributed by atoms with Crippen molar-refractivity contribution >= 4 is 17.3 Å². The molecule has 0 saturated heterocycles. The lowest BCUT2D eigenvalue weighted by Crippen LogP contribution is -2.21. The van der Waals surface area contributed by atoms with Crippen LogP contribution in [0.15, 0.2) is 109 Å². The zero-order valence-electron chi connectivity index (χ0n) is 20.8.